The van der Waals surface area contributed by atoms with Crippen molar-refractivity contribution in [2.75, 3.05) is 32.8 Å². The van der Waals surface area contributed by atoms with Crippen LogP contribution in [0.2, 0.25) is 0 Å². The second-order valence-electron chi connectivity index (χ2n) is 6.47. The van der Waals surface area contributed by atoms with E-state index in [1.165, 1.54) is 0 Å². The molecule has 0 aliphatic carbocycles. The molecule has 2 aromatic rings. The number of aromatic nitrogens is 3. The molecular formula is C17H25N5O. The zero-order valence-corrected chi connectivity index (χ0v) is 13.9. The molecule has 0 radical (unpaired) electrons. The van der Waals surface area contributed by atoms with Gasteiger partial charge in [-0.3, -0.25) is 9.47 Å². The van der Waals surface area contributed by atoms with Crippen LogP contribution in [0.1, 0.15) is 19.7 Å². The summed E-state index contributed by atoms with van der Waals surface area (Å²) in [5.41, 5.74) is 1.18. The number of hydrogen-bond donors (Lipinski definition) is 1. The first-order valence-electron chi connectivity index (χ1n) is 8.15. The maximum atomic E-state index is 5.44. The summed E-state index contributed by atoms with van der Waals surface area (Å²) in [6.45, 7) is 9.78. The summed E-state index contributed by atoms with van der Waals surface area (Å²) in [7, 11) is 0. The van der Waals surface area contributed by atoms with Crippen LogP contribution in [0.5, 0.6) is 0 Å². The third-order valence-corrected chi connectivity index (χ3v) is 4.36. The molecule has 1 N–H and O–H groups in total. The van der Waals surface area contributed by atoms with Gasteiger partial charge >= 0.3 is 0 Å². The van der Waals surface area contributed by atoms with Crippen molar-refractivity contribution in [2.45, 2.75) is 25.9 Å². The van der Waals surface area contributed by atoms with Gasteiger partial charge in [-0.25, -0.2) is 0 Å². The number of ether oxygens (including phenoxy) is 1. The zero-order valence-electron chi connectivity index (χ0n) is 13.9. The molecular weight excluding hydrogens is 290 g/mol. The Morgan fingerprint density at radius 2 is 1.91 bits per heavy atom. The van der Waals surface area contributed by atoms with E-state index in [-0.39, 0.29) is 5.54 Å². The quantitative estimate of drug-likeness (QED) is 0.875. The second kappa shape index (κ2) is 7.21. The molecule has 1 aromatic carbocycles. The second-order valence-corrected chi connectivity index (χ2v) is 6.47. The summed E-state index contributed by atoms with van der Waals surface area (Å²) in [5.74, 6) is 0.925. The fourth-order valence-corrected chi connectivity index (χ4v) is 2.94. The van der Waals surface area contributed by atoms with E-state index < -0.39 is 0 Å². The number of nitrogens with one attached hydrogen (secondary N) is 1. The number of benzene rings is 1. The molecule has 1 aromatic heterocycles. The Morgan fingerprint density at radius 3 is 2.65 bits per heavy atom. The number of hydrogen-bond acceptors (Lipinski definition) is 5. The molecule has 0 unspecified atom stereocenters. The molecule has 6 heteroatoms. The molecule has 0 spiro atoms. The zero-order chi connectivity index (χ0) is 16.1. The lowest BCUT2D eigenvalue weighted by atomic mass is 10.0. The van der Waals surface area contributed by atoms with Crippen molar-refractivity contribution in [2.24, 2.45) is 0 Å². The maximum absolute atomic E-state index is 5.44. The van der Waals surface area contributed by atoms with E-state index >= 15 is 0 Å². The van der Waals surface area contributed by atoms with Crippen molar-refractivity contribution < 1.29 is 4.74 Å². The summed E-state index contributed by atoms with van der Waals surface area (Å²) in [6.07, 6.45) is 1.76. The smallest absolute Gasteiger partial charge is 0.151 e. The fourth-order valence-electron chi connectivity index (χ4n) is 2.94. The Morgan fingerprint density at radius 1 is 1.17 bits per heavy atom. The highest BCUT2D eigenvalue weighted by Crippen LogP contribution is 2.15. The van der Waals surface area contributed by atoms with Gasteiger partial charge in [-0.1, -0.05) is 18.2 Å². The lowest BCUT2D eigenvalue weighted by Crippen LogP contribution is -2.54. The summed E-state index contributed by atoms with van der Waals surface area (Å²) in [5, 5.41) is 11.8. The Kier molecular flexibility index (Phi) is 5.05. The number of para-hydroxylation sites is 1. The van der Waals surface area contributed by atoms with E-state index in [1.807, 2.05) is 22.8 Å². The monoisotopic (exact) mass is 315 g/mol. The van der Waals surface area contributed by atoms with E-state index in [9.17, 15) is 0 Å². The Labute approximate surface area is 137 Å². The molecule has 2 heterocycles. The Balaban J connectivity index is 1.58. The van der Waals surface area contributed by atoms with Crippen molar-refractivity contribution >= 4 is 0 Å². The molecule has 0 atom stereocenters. The van der Waals surface area contributed by atoms with Crippen molar-refractivity contribution in [3.63, 3.8) is 0 Å². The van der Waals surface area contributed by atoms with Crippen LogP contribution in [0, 0.1) is 0 Å². The third kappa shape index (κ3) is 3.96. The van der Waals surface area contributed by atoms with Crippen LogP contribution >= 0.6 is 0 Å². The normalized spacial score (nSPS) is 16.6. The van der Waals surface area contributed by atoms with Gasteiger partial charge in [0.05, 0.1) is 19.8 Å². The topological polar surface area (TPSA) is 55.2 Å². The molecule has 0 amide bonds. The molecule has 3 rings (SSSR count). The molecule has 0 saturated carbocycles. The predicted octanol–water partition coefficient (Wildman–Crippen LogP) is 1.47. The van der Waals surface area contributed by atoms with Crippen molar-refractivity contribution in [3.8, 4) is 5.69 Å². The van der Waals surface area contributed by atoms with E-state index in [2.05, 4.69) is 46.4 Å². The van der Waals surface area contributed by atoms with Gasteiger partial charge < -0.3 is 10.1 Å². The molecule has 23 heavy (non-hydrogen) atoms. The minimum atomic E-state index is 0.0986. The summed E-state index contributed by atoms with van der Waals surface area (Å²) in [6, 6.07) is 10.2. The molecule has 1 fully saturated rings. The average molecular weight is 315 g/mol. The van der Waals surface area contributed by atoms with Crippen LogP contribution in [0.25, 0.3) is 5.69 Å². The fraction of sp³-hybridized carbons (Fsp3) is 0.529. The lowest BCUT2D eigenvalue weighted by molar-refractivity contribution is -0.00971. The number of rotatable bonds is 6. The molecule has 1 aliphatic rings. The molecule has 1 saturated heterocycles. The van der Waals surface area contributed by atoms with Gasteiger partial charge in [0, 0.05) is 30.9 Å². The van der Waals surface area contributed by atoms with E-state index in [0.29, 0.717) is 6.54 Å². The van der Waals surface area contributed by atoms with Crippen LogP contribution in [0.4, 0.5) is 0 Å². The molecule has 0 bridgehead atoms. The molecule has 6 nitrogen and oxygen atoms in total. The average Bonchev–Trinajstić information content (AvgIpc) is 3.05. The van der Waals surface area contributed by atoms with Crippen molar-refractivity contribution in [1.82, 2.24) is 25.0 Å². The largest absolute Gasteiger partial charge is 0.379 e. The van der Waals surface area contributed by atoms with Gasteiger partial charge in [-0.05, 0) is 26.0 Å². The summed E-state index contributed by atoms with van der Waals surface area (Å²) >= 11 is 0. The standard InChI is InChI=1S/C17H25N5O/c1-17(2,21-8-10-23-11-9-21)13-18-12-16-20-19-14-22(16)15-6-4-3-5-7-15/h3-7,14,18H,8-13H2,1-2H3. The van der Waals surface area contributed by atoms with Crippen LogP contribution in [-0.2, 0) is 11.3 Å². The van der Waals surface area contributed by atoms with E-state index in [1.54, 1.807) is 6.33 Å². The van der Waals surface area contributed by atoms with Gasteiger partial charge in [-0.15, -0.1) is 10.2 Å². The molecule has 124 valence electrons. The van der Waals surface area contributed by atoms with Gasteiger partial charge in [0.2, 0.25) is 0 Å². The SMILES string of the molecule is CC(C)(CNCc1nncn1-c1ccccc1)N1CCOCC1. The highest BCUT2D eigenvalue weighted by molar-refractivity contribution is 5.31. The third-order valence-electron chi connectivity index (χ3n) is 4.36. The summed E-state index contributed by atoms with van der Waals surface area (Å²) in [4.78, 5) is 2.48. The maximum Gasteiger partial charge on any atom is 0.151 e. The van der Waals surface area contributed by atoms with E-state index in [0.717, 1.165) is 44.4 Å². The number of nitrogens with zero attached hydrogens (tertiary/aromatic N) is 4. The van der Waals surface area contributed by atoms with Crippen LogP contribution in [0.3, 0.4) is 0 Å². The summed E-state index contributed by atoms with van der Waals surface area (Å²) < 4.78 is 7.46. The minimum absolute atomic E-state index is 0.0986. The predicted molar refractivity (Wildman–Crippen MR) is 89.5 cm³/mol. The van der Waals surface area contributed by atoms with Crippen molar-refractivity contribution in [1.29, 1.82) is 0 Å². The minimum Gasteiger partial charge on any atom is -0.379 e. The first-order chi connectivity index (χ1) is 11.2. The van der Waals surface area contributed by atoms with E-state index in [4.69, 9.17) is 4.74 Å². The highest BCUT2D eigenvalue weighted by Gasteiger charge is 2.27. The van der Waals surface area contributed by atoms with Gasteiger partial charge in [-0.2, -0.15) is 0 Å². The first kappa shape index (κ1) is 16.1. The van der Waals surface area contributed by atoms with Gasteiger partial charge in [0.15, 0.2) is 5.82 Å². The number of morpholine rings is 1. The first-order valence-corrected chi connectivity index (χ1v) is 8.15. The van der Waals surface area contributed by atoms with Crippen molar-refractivity contribution in [3.05, 3.63) is 42.5 Å². The Bertz CT molecular complexity index is 604. The highest BCUT2D eigenvalue weighted by atomic mass is 16.5. The lowest BCUT2D eigenvalue weighted by Gasteiger charge is -2.41. The Hall–Kier alpha value is -1.76. The van der Waals surface area contributed by atoms with Gasteiger partial charge in [0.25, 0.3) is 0 Å². The molecule has 1 aliphatic heterocycles. The van der Waals surface area contributed by atoms with Crippen LogP contribution in [0.15, 0.2) is 36.7 Å². The van der Waals surface area contributed by atoms with Crippen LogP contribution < -0.4 is 5.32 Å². The van der Waals surface area contributed by atoms with Gasteiger partial charge in [0.1, 0.15) is 6.33 Å². The van der Waals surface area contributed by atoms with Crippen LogP contribution in [-0.4, -0.2) is 58.1 Å².